The van der Waals surface area contributed by atoms with Crippen molar-refractivity contribution in [1.29, 1.82) is 0 Å². The van der Waals surface area contributed by atoms with Crippen molar-refractivity contribution in [2.45, 2.75) is 39.5 Å². The maximum Gasteiger partial charge on any atom is 0.156 e. The highest BCUT2D eigenvalue weighted by molar-refractivity contribution is 6.31. The van der Waals surface area contributed by atoms with E-state index in [1.807, 2.05) is 52.0 Å². The summed E-state index contributed by atoms with van der Waals surface area (Å²) in [5.74, 6) is 0.896. The van der Waals surface area contributed by atoms with Crippen LogP contribution in [0.25, 0.3) is 0 Å². The van der Waals surface area contributed by atoms with E-state index in [2.05, 4.69) is 0 Å². The molecule has 0 saturated carbocycles. The van der Waals surface area contributed by atoms with E-state index in [-0.39, 0.29) is 5.78 Å². The van der Waals surface area contributed by atoms with Crippen LogP contribution in [0, 0.1) is 5.41 Å². The van der Waals surface area contributed by atoms with Crippen molar-refractivity contribution in [2.24, 2.45) is 5.41 Å². The molecule has 0 fully saturated rings. The molecule has 1 aromatic rings. The van der Waals surface area contributed by atoms with Crippen molar-refractivity contribution >= 4 is 17.4 Å². The van der Waals surface area contributed by atoms with E-state index in [1.165, 1.54) is 0 Å². The van der Waals surface area contributed by atoms with Gasteiger partial charge in [0.15, 0.2) is 5.78 Å². The third-order valence-electron chi connectivity index (χ3n) is 2.65. The van der Waals surface area contributed by atoms with Crippen LogP contribution < -0.4 is 4.74 Å². The predicted octanol–water partition coefficient (Wildman–Crippen LogP) is 3.85. The number of ether oxygens (including phenoxy) is 1. The molecule has 0 aliphatic carbocycles. The minimum absolute atomic E-state index is 0.0750. The van der Waals surface area contributed by atoms with Gasteiger partial charge in [0, 0.05) is 5.41 Å². The monoisotopic (exact) mass is 268 g/mol. The Kier molecular flexibility index (Phi) is 5.21. The number of halogens is 1. The number of alkyl halides is 1. The van der Waals surface area contributed by atoms with E-state index in [4.69, 9.17) is 16.3 Å². The first-order valence-electron chi connectivity index (χ1n) is 6.24. The van der Waals surface area contributed by atoms with Crippen molar-refractivity contribution in [1.82, 2.24) is 0 Å². The van der Waals surface area contributed by atoms with Crippen molar-refractivity contribution in [3.05, 3.63) is 29.8 Å². The summed E-state index contributed by atoms with van der Waals surface area (Å²) in [5.41, 5.74) is 0.628. The average molecular weight is 269 g/mol. The summed E-state index contributed by atoms with van der Waals surface area (Å²) in [6.45, 7) is 8.25. The van der Waals surface area contributed by atoms with Gasteiger partial charge in [0.2, 0.25) is 0 Å². The first-order valence-corrected chi connectivity index (χ1v) is 6.68. The second-order valence-electron chi connectivity index (χ2n) is 5.37. The second-order valence-corrected chi connectivity index (χ2v) is 5.89. The molecule has 1 aromatic carbocycles. The van der Waals surface area contributed by atoms with Crippen LogP contribution in [0.5, 0.6) is 5.75 Å². The molecule has 1 atom stereocenters. The smallest absolute Gasteiger partial charge is 0.156 e. The molecule has 0 spiro atoms. The maximum absolute atomic E-state index is 12.0. The number of hydrogen-bond donors (Lipinski definition) is 0. The van der Waals surface area contributed by atoms with Crippen molar-refractivity contribution in [2.75, 3.05) is 6.61 Å². The molecular weight excluding hydrogens is 248 g/mol. The Bertz CT molecular complexity index is 407. The van der Waals surface area contributed by atoms with Gasteiger partial charge in [0.05, 0.1) is 12.0 Å². The van der Waals surface area contributed by atoms with Gasteiger partial charge in [-0.3, -0.25) is 4.79 Å². The Morgan fingerprint density at radius 3 is 2.61 bits per heavy atom. The van der Waals surface area contributed by atoms with Gasteiger partial charge < -0.3 is 4.74 Å². The summed E-state index contributed by atoms with van der Waals surface area (Å²) in [6, 6.07) is 7.73. The van der Waals surface area contributed by atoms with E-state index in [1.54, 1.807) is 0 Å². The summed E-state index contributed by atoms with van der Waals surface area (Å²) in [5, 5.41) is -0.484. The molecule has 0 amide bonds. The summed E-state index contributed by atoms with van der Waals surface area (Å²) in [6.07, 6.45) is 0.540. The highest BCUT2D eigenvalue weighted by Gasteiger charge is 2.28. The van der Waals surface area contributed by atoms with Crippen LogP contribution in [-0.4, -0.2) is 17.8 Å². The zero-order chi connectivity index (χ0) is 13.8. The Hall–Kier alpha value is -1.02. The molecule has 18 heavy (non-hydrogen) atoms. The lowest BCUT2D eigenvalue weighted by atomic mass is 9.87. The van der Waals surface area contributed by atoms with Gasteiger partial charge in [0.25, 0.3) is 0 Å². The number of carbonyl (C=O) groups is 1. The molecule has 0 aromatic heterocycles. The van der Waals surface area contributed by atoms with E-state index >= 15 is 0 Å². The van der Waals surface area contributed by atoms with Crippen LogP contribution >= 0.6 is 11.6 Å². The van der Waals surface area contributed by atoms with Gasteiger partial charge in [-0.2, -0.15) is 0 Å². The van der Waals surface area contributed by atoms with Crippen molar-refractivity contribution < 1.29 is 9.53 Å². The molecule has 2 nitrogen and oxygen atoms in total. The molecule has 0 N–H and O–H groups in total. The van der Waals surface area contributed by atoms with Crippen molar-refractivity contribution in [3.63, 3.8) is 0 Å². The number of carbonyl (C=O) groups excluding carboxylic acids is 1. The van der Waals surface area contributed by atoms with Crippen LogP contribution in [0.4, 0.5) is 0 Å². The topological polar surface area (TPSA) is 26.3 Å². The fraction of sp³-hybridized carbons (Fsp3) is 0.533. The van der Waals surface area contributed by atoms with Crippen LogP contribution in [0.3, 0.4) is 0 Å². The van der Waals surface area contributed by atoms with Crippen molar-refractivity contribution in [3.8, 4) is 5.75 Å². The number of ketones is 1. The van der Waals surface area contributed by atoms with Crippen LogP contribution in [0.15, 0.2) is 24.3 Å². The average Bonchev–Trinajstić information content (AvgIpc) is 2.27. The lowest BCUT2D eigenvalue weighted by Crippen LogP contribution is -2.30. The highest BCUT2D eigenvalue weighted by atomic mass is 35.5. The molecule has 1 unspecified atom stereocenters. The molecule has 1 rings (SSSR count). The molecule has 0 heterocycles. The summed E-state index contributed by atoms with van der Waals surface area (Å²) >= 11 is 6.19. The third-order valence-corrected chi connectivity index (χ3v) is 3.00. The predicted molar refractivity (Wildman–Crippen MR) is 75.4 cm³/mol. The largest absolute Gasteiger partial charge is 0.494 e. The molecule has 0 saturated heterocycles. The minimum atomic E-state index is -0.484. The fourth-order valence-electron chi connectivity index (χ4n) is 1.70. The lowest BCUT2D eigenvalue weighted by molar-refractivity contribution is -0.125. The first-order chi connectivity index (χ1) is 8.34. The van der Waals surface area contributed by atoms with Crippen LogP contribution in [0.2, 0.25) is 0 Å². The quantitative estimate of drug-likeness (QED) is 0.758. The Labute approximate surface area is 114 Å². The van der Waals surface area contributed by atoms with Gasteiger partial charge in [0.1, 0.15) is 5.75 Å². The maximum atomic E-state index is 12.0. The normalized spacial score (nSPS) is 13.2. The van der Waals surface area contributed by atoms with Crippen LogP contribution in [-0.2, 0) is 11.2 Å². The summed E-state index contributed by atoms with van der Waals surface area (Å²) in [7, 11) is 0. The van der Waals surface area contributed by atoms with E-state index < -0.39 is 10.8 Å². The Morgan fingerprint density at radius 1 is 1.39 bits per heavy atom. The second kappa shape index (κ2) is 6.24. The Balaban J connectivity index is 2.72. The highest BCUT2D eigenvalue weighted by Crippen LogP contribution is 2.23. The molecule has 0 aliphatic rings. The summed E-state index contributed by atoms with van der Waals surface area (Å²) in [4.78, 5) is 12.0. The van der Waals surface area contributed by atoms with Gasteiger partial charge in [-0.05, 0) is 31.0 Å². The van der Waals surface area contributed by atoms with E-state index in [9.17, 15) is 4.79 Å². The minimum Gasteiger partial charge on any atom is -0.494 e. The molecular formula is C15H21ClO2. The number of rotatable bonds is 5. The van der Waals surface area contributed by atoms with Gasteiger partial charge in [-0.1, -0.05) is 32.9 Å². The van der Waals surface area contributed by atoms with E-state index in [0.717, 1.165) is 11.3 Å². The zero-order valence-corrected chi connectivity index (χ0v) is 12.3. The van der Waals surface area contributed by atoms with E-state index in [0.29, 0.717) is 13.0 Å². The SMILES string of the molecule is CCOc1cccc(CC(Cl)C(=O)C(C)(C)C)c1. The third kappa shape index (κ3) is 4.34. The molecule has 0 radical (unpaired) electrons. The van der Waals surface area contributed by atoms with Gasteiger partial charge in [-0.15, -0.1) is 11.6 Å². The fourth-order valence-corrected chi connectivity index (χ4v) is 2.20. The lowest BCUT2D eigenvalue weighted by Gasteiger charge is -2.20. The zero-order valence-electron chi connectivity index (χ0n) is 11.5. The molecule has 0 aliphatic heterocycles. The molecule has 3 heteroatoms. The van der Waals surface area contributed by atoms with Crippen LogP contribution in [0.1, 0.15) is 33.3 Å². The molecule has 0 bridgehead atoms. The van der Waals surface area contributed by atoms with Gasteiger partial charge in [-0.25, -0.2) is 0 Å². The van der Waals surface area contributed by atoms with Gasteiger partial charge >= 0.3 is 0 Å². The summed E-state index contributed by atoms with van der Waals surface area (Å²) < 4.78 is 5.43. The number of hydrogen-bond acceptors (Lipinski definition) is 2. The number of benzene rings is 1. The number of Topliss-reactive ketones (excluding diaryl/α,β-unsaturated/α-hetero) is 1. The standard InChI is InChI=1S/C15H21ClO2/c1-5-18-12-8-6-7-11(9-12)10-13(16)14(17)15(2,3)4/h6-9,13H,5,10H2,1-4H3. The Morgan fingerprint density at radius 2 is 2.06 bits per heavy atom. The first kappa shape index (κ1) is 15.0. The molecule has 100 valence electrons.